The predicted octanol–water partition coefficient (Wildman–Crippen LogP) is 6.67. The van der Waals surface area contributed by atoms with Gasteiger partial charge in [0.05, 0.1) is 23.3 Å². The van der Waals surface area contributed by atoms with Gasteiger partial charge in [-0.2, -0.15) is 0 Å². The lowest BCUT2D eigenvalue weighted by Gasteiger charge is -2.42. The Bertz CT molecular complexity index is 1090. The average molecular weight is 481 g/mol. The number of allylic oxidation sites excluding steroid dienone is 1. The van der Waals surface area contributed by atoms with Gasteiger partial charge in [-0.1, -0.05) is 43.0 Å². The molecule has 0 bridgehead atoms. The van der Waals surface area contributed by atoms with Crippen molar-refractivity contribution in [1.29, 1.82) is 0 Å². The Hall–Kier alpha value is -2.11. The number of benzene rings is 1. The van der Waals surface area contributed by atoms with Crippen LogP contribution in [0.2, 0.25) is 5.02 Å². The molecule has 1 saturated carbocycles. The zero-order chi connectivity index (χ0) is 23.3. The standard InChI is InChI=1S/C27H33ClN4S/c1-17-16-27(2,3)31(4)23-15-21(28)20(14-19(17)23)25-24(22-12-8-9-13-29-22)30-26(33)32(25)18-10-6-5-7-11-18/h8-9,12-16,18,24-25H,5-7,10-11H2,1-4H3,(H,30,33). The SMILES string of the molecule is CC1=CC(C)(C)N(C)c2cc(Cl)c(C3C(c4ccccn4)NC(=S)N3C3CCCCC3)cc21. The van der Waals surface area contributed by atoms with Crippen molar-refractivity contribution >= 4 is 40.2 Å². The highest BCUT2D eigenvalue weighted by Crippen LogP contribution is 2.48. The Morgan fingerprint density at radius 1 is 1.15 bits per heavy atom. The van der Waals surface area contributed by atoms with Crippen molar-refractivity contribution in [3.05, 3.63) is 64.4 Å². The fraction of sp³-hybridized carbons (Fsp3) is 0.481. The zero-order valence-corrected chi connectivity index (χ0v) is 21.5. The lowest BCUT2D eigenvalue weighted by molar-refractivity contribution is 0.197. The van der Waals surface area contributed by atoms with Gasteiger partial charge >= 0.3 is 0 Å². The minimum Gasteiger partial charge on any atom is -0.365 e. The van der Waals surface area contributed by atoms with Crippen molar-refractivity contribution in [2.45, 2.75) is 76.5 Å². The number of rotatable bonds is 3. The van der Waals surface area contributed by atoms with Gasteiger partial charge in [0.1, 0.15) is 0 Å². The van der Waals surface area contributed by atoms with Crippen LogP contribution in [-0.2, 0) is 0 Å². The van der Waals surface area contributed by atoms with Gasteiger partial charge in [0.25, 0.3) is 0 Å². The van der Waals surface area contributed by atoms with E-state index in [0.717, 1.165) is 21.4 Å². The summed E-state index contributed by atoms with van der Waals surface area (Å²) in [5, 5.41) is 5.23. The van der Waals surface area contributed by atoms with Gasteiger partial charge in [0.2, 0.25) is 0 Å². The van der Waals surface area contributed by atoms with Crippen LogP contribution in [0.25, 0.3) is 5.57 Å². The molecule has 1 aromatic heterocycles. The summed E-state index contributed by atoms with van der Waals surface area (Å²) in [5.41, 5.74) is 5.80. The zero-order valence-electron chi connectivity index (χ0n) is 19.9. The molecule has 2 atom stereocenters. The van der Waals surface area contributed by atoms with Crippen molar-refractivity contribution in [2.75, 3.05) is 11.9 Å². The van der Waals surface area contributed by atoms with Crippen LogP contribution in [0.3, 0.4) is 0 Å². The number of halogens is 1. The number of nitrogens with one attached hydrogen (secondary N) is 1. The molecule has 2 aromatic rings. The second-order valence-electron chi connectivity index (χ2n) is 10.3. The van der Waals surface area contributed by atoms with Crippen LogP contribution < -0.4 is 10.2 Å². The molecule has 1 saturated heterocycles. The van der Waals surface area contributed by atoms with E-state index in [1.165, 1.54) is 48.9 Å². The summed E-state index contributed by atoms with van der Waals surface area (Å²) in [6.07, 6.45) is 10.4. The Morgan fingerprint density at radius 2 is 1.91 bits per heavy atom. The summed E-state index contributed by atoms with van der Waals surface area (Å²) in [6.45, 7) is 6.68. The van der Waals surface area contributed by atoms with Gasteiger partial charge in [0, 0.05) is 35.6 Å². The highest BCUT2D eigenvalue weighted by molar-refractivity contribution is 7.80. The van der Waals surface area contributed by atoms with E-state index in [1.807, 2.05) is 18.3 Å². The molecule has 0 amide bonds. The number of pyridine rings is 1. The maximum Gasteiger partial charge on any atom is 0.170 e. The van der Waals surface area contributed by atoms with E-state index in [1.54, 1.807) is 0 Å². The maximum atomic E-state index is 7.09. The number of anilines is 1. The number of nitrogens with zero attached hydrogens (tertiary/aromatic N) is 3. The molecule has 2 unspecified atom stereocenters. The van der Waals surface area contributed by atoms with Crippen molar-refractivity contribution in [2.24, 2.45) is 0 Å². The number of thiocarbonyl (C=S) groups is 1. The lowest BCUT2D eigenvalue weighted by atomic mass is 9.85. The fourth-order valence-electron chi connectivity index (χ4n) is 5.86. The lowest BCUT2D eigenvalue weighted by Crippen LogP contribution is -2.42. The molecule has 0 radical (unpaired) electrons. The van der Waals surface area contributed by atoms with Gasteiger partial charge in [-0.15, -0.1) is 0 Å². The first-order valence-electron chi connectivity index (χ1n) is 12.0. The van der Waals surface area contributed by atoms with Gasteiger partial charge in [-0.3, -0.25) is 4.98 Å². The van der Waals surface area contributed by atoms with Crippen molar-refractivity contribution in [1.82, 2.24) is 15.2 Å². The molecule has 33 heavy (non-hydrogen) atoms. The number of hydrogen-bond acceptors (Lipinski definition) is 3. The molecule has 1 aromatic carbocycles. The third-order valence-electron chi connectivity index (χ3n) is 7.76. The first-order chi connectivity index (χ1) is 15.8. The smallest absolute Gasteiger partial charge is 0.170 e. The van der Waals surface area contributed by atoms with Crippen LogP contribution in [0.15, 0.2) is 42.6 Å². The third kappa shape index (κ3) is 3.93. The molecule has 1 N–H and O–H groups in total. The number of hydrogen-bond donors (Lipinski definition) is 1. The van der Waals surface area contributed by atoms with Crippen LogP contribution in [-0.4, -0.2) is 33.6 Å². The summed E-state index contributed by atoms with van der Waals surface area (Å²) < 4.78 is 0. The molecule has 5 rings (SSSR count). The summed E-state index contributed by atoms with van der Waals surface area (Å²) >= 11 is 13.0. The molecule has 0 spiro atoms. The molecular weight excluding hydrogens is 448 g/mol. The Labute approximate surface area is 208 Å². The highest BCUT2D eigenvalue weighted by atomic mass is 35.5. The second kappa shape index (κ2) is 8.59. The topological polar surface area (TPSA) is 31.4 Å². The first kappa shape index (κ1) is 22.7. The van der Waals surface area contributed by atoms with Gasteiger partial charge in [-0.25, -0.2) is 0 Å². The summed E-state index contributed by atoms with van der Waals surface area (Å²) in [6, 6.07) is 11.0. The van der Waals surface area contributed by atoms with E-state index in [9.17, 15) is 0 Å². The summed E-state index contributed by atoms with van der Waals surface area (Å²) in [4.78, 5) is 9.46. The Balaban J connectivity index is 1.65. The fourth-order valence-corrected chi connectivity index (χ4v) is 6.52. The van der Waals surface area contributed by atoms with Crippen LogP contribution in [0, 0.1) is 0 Å². The Morgan fingerprint density at radius 3 is 2.61 bits per heavy atom. The van der Waals surface area contributed by atoms with Crippen LogP contribution in [0.5, 0.6) is 0 Å². The minimum absolute atomic E-state index is 0.0151. The van der Waals surface area contributed by atoms with Crippen molar-refractivity contribution < 1.29 is 0 Å². The molecule has 3 heterocycles. The summed E-state index contributed by atoms with van der Waals surface area (Å²) in [7, 11) is 2.15. The highest BCUT2D eigenvalue weighted by Gasteiger charge is 2.44. The molecular formula is C27H33ClN4S. The maximum absolute atomic E-state index is 7.09. The Kier molecular flexibility index (Phi) is 5.90. The third-order valence-corrected chi connectivity index (χ3v) is 8.41. The molecule has 174 valence electrons. The first-order valence-corrected chi connectivity index (χ1v) is 12.8. The summed E-state index contributed by atoms with van der Waals surface area (Å²) in [5.74, 6) is 0. The van der Waals surface area contributed by atoms with Gasteiger partial charge in [0.15, 0.2) is 5.11 Å². The van der Waals surface area contributed by atoms with Crippen LogP contribution in [0.4, 0.5) is 5.69 Å². The van der Waals surface area contributed by atoms with E-state index in [4.69, 9.17) is 28.8 Å². The van der Waals surface area contributed by atoms with E-state index in [0.29, 0.717) is 6.04 Å². The normalized spacial score (nSPS) is 25.0. The van der Waals surface area contributed by atoms with E-state index >= 15 is 0 Å². The number of fused-ring (bicyclic) bond motifs is 1. The second-order valence-corrected chi connectivity index (χ2v) is 11.1. The van der Waals surface area contributed by atoms with Crippen LogP contribution in [0.1, 0.15) is 81.8 Å². The van der Waals surface area contributed by atoms with E-state index < -0.39 is 0 Å². The predicted molar refractivity (Wildman–Crippen MR) is 142 cm³/mol. The molecule has 3 aliphatic rings. The number of aromatic nitrogens is 1. The van der Waals surface area contributed by atoms with Crippen molar-refractivity contribution in [3.63, 3.8) is 0 Å². The number of likely N-dealkylation sites (N-methyl/N-ethyl adjacent to an activating group) is 1. The average Bonchev–Trinajstić information content (AvgIpc) is 3.15. The molecule has 2 fully saturated rings. The van der Waals surface area contributed by atoms with E-state index in [2.05, 4.69) is 67.2 Å². The largest absolute Gasteiger partial charge is 0.365 e. The monoisotopic (exact) mass is 480 g/mol. The molecule has 4 nitrogen and oxygen atoms in total. The molecule has 1 aliphatic carbocycles. The quantitative estimate of drug-likeness (QED) is 0.495. The van der Waals surface area contributed by atoms with Crippen LogP contribution >= 0.6 is 23.8 Å². The molecule has 6 heteroatoms. The van der Waals surface area contributed by atoms with Gasteiger partial charge in [-0.05, 0) is 81.2 Å². The molecule has 2 aliphatic heterocycles. The van der Waals surface area contributed by atoms with Crippen molar-refractivity contribution in [3.8, 4) is 0 Å². The minimum atomic E-state index is -0.0525. The van der Waals surface area contributed by atoms with E-state index in [-0.39, 0.29) is 17.6 Å². The van der Waals surface area contributed by atoms with Gasteiger partial charge < -0.3 is 15.1 Å².